The Labute approximate surface area is 124 Å². The summed E-state index contributed by atoms with van der Waals surface area (Å²) in [5, 5.41) is 0. The summed E-state index contributed by atoms with van der Waals surface area (Å²) in [6, 6.07) is 10.6. The quantitative estimate of drug-likeness (QED) is 0.774. The Bertz CT molecular complexity index is 708. The number of ketones is 1. The van der Waals surface area contributed by atoms with Crippen LogP contribution >= 0.6 is 0 Å². The first-order chi connectivity index (χ1) is 10.1. The van der Waals surface area contributed by atoms with Crippen molar-refractivity contribution >= 4 is 11.5 Å². The number of carbonyl (C=O) groups excluding carboxylic acids is 1. The van der Waals surface area contributed by atoms with E-state index >= 15 is 0 Å². The highest BCUT2D eigenvalue weighted by Gasteiger charge is 2.16. The van der Waals surface area contributed by atoms with Gasteiger partial charge in [-0.1, -0.05) is 6.07 Å². The summed E-state index contributed by atoms with van der Waals surface area (Å²) in [5.41, 5.74) is 4.34. The predicted octanol–water partition coefficient (Wildman–Crippen LogP) is 4.08. The van der Waals surface area contributed by atoms with E-state index in [1.807, 2.05) is 18.2 Å². The molecule has 2 aromatic rings. The van der Waals surface area contributed by atoms with Gasteiger partial charge in [-0.15, -0.1) is 0 Å². The fourth-order valence-electron chi connectivity index (χ4n) is 2.92. The molecular formula is C18H18FNO. The number of halogens is 1. The van der Waals surface area contributed by atoms with Crippen LogP contribution in [0.25, 0.3) is 11.1 Å². The van der Waals surface area contributed by atoms with Gasteiger partial charge in [-0.2, -0.15) is 0 Å². The molecule has 0 bridgehead atoms. The van der Waals surface area contributed by atoms with E-state index in [2.05, 4.69) is 11.9 Å². The maximum Gasteiger partial charge on any atom is 0.159 e. The smallest absolute Gasteiger partial charge is 0.159 e. The number of aryl methyl sites for hydroxylation is 1. The molecule has 108 valence electrons. The molecule has 1 aliphatic rings. The number of nitrogens with zero attached hydrogens (tertiary/aromatic N) is 1. The molecule has 0 fully saturated rings. The molecule has 0 radical (unpaired) electrons. The second kappa shape index (κ2) is 5.32. The maximum atomic E-state index is 14.1. The van der Waals surface area contributed by atoms with Crippen LogP contribution in [0.1, 0.15) is 29.3 Å². The van der Waals surface area contributed by atoms with Crippen LogP contribution < -0.4 is 4.90 Å². The van der Waals surface area contributed by atoms with Gasteiger partial charge < -0.3 is 4.90 Å². The molecule has 0 N–H and O–H groups in total. The van der Waals surface area contributed by atoms with Gasteiger partial charge in [0.05, 0.1) is 0 Å². The van der Waals surface area contributed by atoms with Crippen LogP contribution in [0.3, 0.4) is 0 Å². The number of anilines is 1. The third-order valence-electron chi connectivity index (χ3n) is 4.11. The molecule has 0 amide bonds. The molecule has 0 saturated heterocycles. The van der Waals surface area contributed by atoms with Gasteiger partial charge >= 0.3 is 0 Å². The molecule has 0 spiro atoms. The minimum Gasteiger partial charge on any atom is -0.374 e. The van der Waals surface area contributed by atoms with Crippen molar-refractivity contribution in [2.45, 2.75) is 19.8 Å². The molecule has 1 heterocycles. The first-order valence-electron chi connectivity index (χ1n) is 7.21. The van der Waals surface area contributed by atoms with E-state index in [0.29, 0.717) is 11.1 Å². The first kappa shape index (κ1) is 13.8. The third-order valence-corrected chi connectivity index (χ3v) is 4.11. The van der Waals surface area contributed by atoms with Crippen molar-refractivity contribution in [3.63, 3.8) is 0 Å². The molecule has 3 heteroatoms. The standard InChI is InChI=1S/C18H18FNO/c1-12(21)13-5-7-17(19)16(11-13)14-6-8-18-15(10-14)4-3-9-20(18)2/h5-8,10-11H,3-4,9H2,1-2H3. The Morgan fingerprint density at radius 3 is 2.76 bits per heavy atom. The lowest BCUT2D eigenvalue weighted by atomic mass is 9.95. The van der Waals surface area contributed by atoms with Crippen LogP contribution in [0.4, 0.5) is 10.1 Å². The van der Waals surface area contributed by atoms with Gasteiger partial charge in [0.1, 0.15) is 5.82 Å². The van der Waals surface area contributed by atoms with Gasteiger partial charge in [0, 0.05) is 30.4 Å². The van der Waals surface area contributed by atoms with E-state index in [1.54, 1.807) is 6.07 Å². The van der Waals surface area contributed by atoms with Gasteiger partial charge in [-0.25, -0.2) is 4.39 Å². The number of rotatable bonds is 2. The largest absolute Gasteiger partial charge is 0.374 e. The van der Waals surface area contributed by atoms with Gasteiger partial charge in [-0.3, -0.25) is 4.79 Å². The lowest BCUT2D eigenvalue weighted by molar-refractivity contribution is 0.101. The molecule has 3 rings (SSSR count). The van der Waals surface area contributed by atoms with E-state index in [-0.39, 0.29) is 11.6 Å². The molecule has 21 heavy (non-hydrogen) atoms. The summed E-state index contributed by atoms with van der Waals surface area (Å²) >= 11 is 0. The number of fused-ring (bicyclic) bond motifs is 1. The Morgan fingerprint density at radius 1 is 1.19 bits per heavy atom. The molecule has 0 atom stereocenters. The van der Waals surface area contributed by atoms with Crippen molar-refractivity contribution in [2.75, 3.05) is 18.5 Å². The van der Waals surface area contributed by atoms with Crippen molar-refractivity contribution < 1.29 is 9.18 Å². The summed E-state index contributed by atoms with van der Waals surface area (Å²) in [7, 11) is 2.08. The second-order valence-electron chi connectivity index (χ2n) is 5.62. The number of benzene rings is 2. The van der Waals surface area contributed by atoms with Crippen LogP contribution in [0.2, 0.25) is 0 Å². The first-order valence-corrected chi connectivity index (χ1v) is 7.21. The van der Waals surface area contributed by atoms with E-state index < -0.39 is 0 Å². The minimum absolute atomic E-state index is 0.0473. The normalized spacial score (nSPS) is 14.0. The van der Waals surface area contributed by atoms with Gasteiger partial charge in [-0.05, 0) is 61.2 Å². The average molecular weight is 283 g/mol. The lowest BCUT2D eigenvalue weighted by Crippen LogP contribution is -2.24. The van der Waals surface area contributed by atoms with Crippen LogP contribution in [0, 0.1) is 5.82 Å². The summed E-state index contributed by atoms with van der Waals surface area (Å²) in [5.74, 6) is -0.335. The summed E-state index contributed by atoms with van der Waals surface area (Å²) in [6.07, 6.45) is 2.13. The van der Waals surface area contributed by atoms with Crippen LogP contribution in [-0.4, -0.2) is 19.4 Å². The van der Waals surface area contributed by atoms with Gasteiger partial charge in [0.2, 0.25) is 0 Å². The highest BCUT2D eigenvalue weighted by molar-refractivity contribution is 5.95. The number of hydrogen-bond acceptors (Lipinski definition) is 2. The SMILES string of the molecule is CC(=O)c1ccc(F)c(-c2ccc3c(c2)CCCN3C)c1. The van der Waals surface area contributed by atoms with Crippen molar-refractivity contribution in [1.29, 1.82) is 0 Å². The summed E-state index contributed by atoms with van der Waals surface area (Å²) < 4.78 is 14.1. The van der Waals surface area contributed by atoms with Gasteiger partial charge in [0.25, 0.3) is 0 Å². The maximum absolute atomic E-state index is 14.1. The molecule has 1 aliphatic heterocycles. The fraction of sp³-hybridized carbons (Fsp3) is 0.278. The van der Waals surface area contributed by atoms with Crippen LogP contribution in [0.15, 0.2) is 36.4 Å². The van der Waals surface area contributed by atoms with Crippen LogP contribution in [0.5, 0.6) is 0 Å². The number of hydrogen-bond donors (Lipinski definition) is 0. The minimum atomic E-state index is -0.288. The number of carbonyl (C=O) groups is 1. The van der Waals surface area contributed by atoms with E-state index in [9.17, 15) is 9.18 Å². The highest BCUT2D eigenvalue weighted by Crippen LogP contribution is 2.32. The Kier molecular flexibility index (Phi) is 3.50. The van der Waals surface area contributed by atoms with Crippen molar-refractivity contribution in [3.8, 4) is 11.1 Å². The van der Waals surface area contributed by atoms with Crippen molar-refractivity contribution in [3.05, 3.63) is 53.3 Å². The van der Waals surface area contributed by atoms with E-state index in [0.717, 1.165) is 24.9 Å². The Balaban J connectivity index is 2.09. The molecule has 0 unspecified atom stereocenters. The van der Waals surface area contributed by atoms with E-state index in [4.69, 9.17) is 0 Å². The average Bonchev–Trinajstić information content (AvgIpc) is 2.47. The highest BCUT2D eigenvalue weighted by atomic mass is 19.1. The molecule has 0 aromatic heterocycles. The zero-order valence-corrected chi connectivity index (χ0v) is 12.3. The monoisotopic (exact) mass is 283 g/mol. The molecule has 0 aliphatic carbocycles. The summed E-state index contributed by atoms with van der Waals surface area (Å²) in [4.78, 5) is 13.7. The fourth-order valence-corrected chi connectivity index (χ4v) is 2.92. The second-order valence-corrected chi connectivity index (χ2v) is 5.62. The Morgan fingerprint density at radius 2 is 2.00 bits per heavy atom. The molecule has 2 aromatic carbocycles. The Hall–Kier alpha value is -2.16. The topological polar surface area (TPSA) is 20.3 Å². The molecule has 2 nitrogen and oxygen atoms in total. The van der Waals surface area contributed by atoms with Crippen molar-refractivity contribution in [1.82, 2.24) is 0 Å². The third kappa shape index (κ3) is 2.56. The van der Waals surface area contributed by atoms with Gasteiger partial charge in [0.15, 0.2) is 5.78 Å². The lowest BCUT2D eigenvalue weighted by Gasteiger charge is -2.28. The van der Waals surface area contributed by atoms with E-state index in [1.165, 1.54) is 30.3 Å². The zero-order valence-electron chi connectivity index (χ0n) is 12.3. The molecule has 0 saturated carbocycles. The van der Waals surface area contributed by atoms with Crippen LogP contribution in [-0.2, 0) is 6.42 Å². The summed E-state index contributed by atoms with van der Waals surface area (Å²) in [6.45, 7) is 2.55. The molecular weight excluding hydrogens is 265 g/mol. The number of Topliss-reactive ketones (excluding diaryl/α,β-unsaturated/α-hetero) is 1. The van der Waals surface area contributed by atoms with Crippen molar-refractivity contribution in [2.24, 2.45) is 0 Å². The predicted molar refractivity (Wildman–Crippen MR) is 83.4 cm³/mol. The zero-order chi connectivity index (χ0) is 15.0.